The van der Waals surface area contributed by atoms with Crippen molar-refractivity contribution < 1.29 is 0 Å². The van der Waals surface area contributed by atoms with Gasteiger partial charge in [0.05, 0.1) is 0 Å². The maximum Gasteiger partial charge on any atom is -0.0281 e. The molecule has 0 saturated heterocycles. The molecule has 0 saturated carbocycles. The van der Waals surface area contributed by atoms with Crippen LogP contribution in [0.1, 0.15) is 62.8 Å². The largest absolute Gasteiger partial charge is 0.0683 e. The maximum absolute atomic E-state index is 2.21. The summed E-state index contributed by atoms with van der Waals surface area (Å²) < 4.78 is 0. The van der Waals surface area contributed by atoms with Crippen molar-refractivity contribution in [3.8, 4) is 0 Å². The Kier molecular flexibility index (Phi) is 12.2. The van der Waals surface area contributed by atoms with Crippen molar-refractivity contribution in [3.05, 3.63) is 70.8 Å². The fourth-order valence-corrected chi connectivity index (χ4v) is 2.09. The number of hydrogen-bond acceptors (Lipinski definition) is 0. The van der Waals surface area contributed by atoms with Crippen LogP contribution in [0.5, 0.6) is 0 Å². The molecule has 0 heteroatoms. The summed E-state index contributed by atoms with van der Waals surface area (Å²) in [5.74, 6) is 0. The van der Waals surface area contributed by atoms with Gasteiger partial charge in [0.2, 0.25) is 0 Å². The van der Waals surface area contributed by atoms with E-state index in [1.807, 2.05) is 13.8 Å². The lowest BCUT2D eigenvalue weighted by Crippen LogP contribution is -1.81. The minimum absolute atomic E-state index is 1.21. The van der Waals surface area contributed by atoms with Gasteiger partial charge in [0.1, 0.15) is 0 Å². The van der Waals surface area contributed by atoms with Crippen LogP contribution in [0, 0.1) is 13.8 Å². The molecule has 0 aromatic heterocycles. The van der Waals surface area contributed by atoms with Crippen molar-refractivity contribution in [2.45, 2.75) is 67.2 Å². The Labute approximate surface area is 138 Å². The van der Waals surface area contributed by atoms with Crippen LogP contribution in [0.15, 0.2) is 48.5 Å². The van der Waals surface area contributed by atoms with Crippen molar-refractivity contribution in [3.63, 3.8) is 0 Å². The molecule has 0 N–H and O–H groups in total. The van der Waals surface area contributed by atoms with Gasteiger partial charge in [0.15, 0.2) is 0 Å². The van der Waals surface area contributed by atoms with Gasteiger partial charge in [-0.3, -0.25) is 0 Å². The van der Waals surface area contributed by atoms with E-state index < -0.39 is 0 Å². The van der Waals surface area contributed by atoms with E-state index in [1.165, 1.54) is 47.9 Å². The Morgan fingerprint density at radius 2 is 0.818 bits per heavy atom. The first kappa shape index (κ1) is 20.4. The smallest absolute Gasteiger partial charge is 0.0281 e. The molecule has 2 rings (SSSR count). The normalized spacial score (nSPS) is 9.18. The van der Waals surface area contributed by atoms with E-state index in [4.69, 9.17) is 0 Å². The van der Waals surface area contributed by atoms with Crippen LogP contribution >= 0.6 is 0 Å². The Hall–Kier alpha value is -1.56. The Morgan fingerprint density at radius 3 is 1.05 bits per heavy atom. The first-order chi connectivity index (χ1) is 10.7. The Balaban J connectivity index is 0.000000360. The van der Waals surface area contributed by atoms with E-state index >= 15 is 0 Å². The fourth-order valence-electron chi connectivity index (χ4n) is 2.09. The lowest BCUT2D eigenvalue weighted by Gasteiger charge is -1.97. The lowest BCUT2D eigenvalue weighted by atomic mass is 10.1. The summed E-state index contributed by atoms with van der Waals surface area (Å²) in [5.41, 5.74) is 5.60. The van der Waals surface area contributed by atoms with Gasteiger partial charge in [0.25, 0.3) is 0 Å². The van der Waals surface area contributed by atoms with Crippen molar-refractivity contribution in [2.75, 3.05) is 0 Å². The van der Waals surface area contributed by atoms with Crippen LogP contribution in [0.3, 0.4) is 0 Å². The average Bonchev–Trinajstić information content (AvgIpc) is 2.55. The van der Waals surface area contributed by atoms with Crippen molar-refractivity contribution in [1.82, 2.24) is 0 Å². The summed E-state index contributed by atoms with van der Waals surface area (Å²) in [5, 5.41) is 0. The number of benzene rings is 2. The standard InChI is InChI=1S/2C10H14.C2H6/c2*1-3-4-10-7-5-9(2)6-8-10;1-2/h2*5-8H,3-4H2,1-2H3;1-2H3. The van der Waals surface area contributed by atoms with Crippen LogP contribution in [0.25, 0.3) is 0 Å². The van der Waals surface area contributed by atoms with Gasteiger partial charge >= 0.3 is 0 Å². The minimum atomic E-state index is 1.21. The predicted octanol–water partition coefficient (Wildman–Crippen LogP) is 6.92. The molecule has 22 heavy (non-hydrogen) atoms. The molecule has 0 atom stereocenters. The zero-order valence-corrected chi connectivity index (χ0v) is 15.4. The minimum Gasteiger partial charge on any atom is -0.0683 e. The molecular formula is C22H34. The lowest BCUT2D eigenvalue weighted by molar-refractivity contribution is 0.921. The molecule has 0 fully saturated rings. The topological polar surface area (TPSA) is 0 Å². The predicted molar refractivity (Wildman–Crippen MR) is 102 cm³/mol. The molecular weight excluding hydrogens is 264 g/mol. The highest BCUT2D eigenvalue weighted by Crippen LogP contribution is 2.05. The first-order valence-corrected chi connectivity index (χ1v) is 8.76. The Bertz CT molecular complexity index is 415. The van der Waals surface area contributed by atoms with Crippen LogP contribution in [-0.2, 0) is 12.8 Å². The van der Waals surface area contributed by atoms with Crippen LogP contribution < -0.4 is 0 Å². The number of hydrogen-bond donors (Lipinski definition) is 0. The molecule has 0 unspecified atom stereocenters. The molecule has 122 valence electrons. The van der Waals surface area contributed by atoms with Crippen molar-refractivity contribution in [1.29, 1.82) is 0 Å². The third-order valence-electron chi connectivity index (χ3n) is 3.32. The van der Waals surface area contributed by atoms with Gasteiger partial charge < -0.3 is 0 Å². The van der Waals surface area contributed by atoms with Crippen molar-refractivity contribution >= 4 is 0 Å². The monoisotopic (exact) mass is 298 g/mol. The van der Waals surface area contributed by atoms with E-state index in [1.54, 1.807) is 0 Å². The van der Waals surface area contributed by atoms with Crippen LogP contribution in [0.2, 0.25) is 0 Å². The molecule has 0 aliphatic rings. The summed E-state index contributed by atoms with van der Waals surface area (Å²) in [7, 11) is 0. The van der Waals surface area contributed by atoms with Crippen molar-refractivity contribution in [2.24, 2.45) is 0 Å². The first-order valence-electron chi connectivity index (χ1n) is 8.76. The molecule has 2 aromatic rings. The highest BCUT2D eigenvalue weighted by Gasteiger charge is 1.88. The van der Waals surface area contributed by atoms with Gasteiger partial charge in [-0.25, -0.2) is 0 Å². The van der Waals surface area contributed by atoms with E-state index in [0.29, 0.717) is 0 Å². The Morgan fingerprint density at radius 1 is 0.545 bits per heavy atom. The fraction of sp³-hybridized carbons (Fsp3) is 0.455. The van der Waals surface area contributed by atoms with Gasteiger partial charge in [-0.2, -0.15) is 0 Å². The molecule has 0 nitrogen and oxygen atoms in total. The summed E-state index contributed by atoms with van der Waals surface area (Å²) in [4.78, 5) is 0. The van der Waals surface area contributed by atoms with E-state index in [-0.39, 0.29) is 0 Å². The van der Waals surface area contributed by atoms with Gasteiger partial charge in [0, 0.05) is 0 Å². The summed E-state index contributed by atoms with van der Waals surface area (Å²) in [6, 6.07) is 17.5. The molecule has 0 aliphatic carbocycles. The summed E-state index contributed by atoms with van der Waals surface area (Å²) in [6.45, 7) is 12.7. The SMILES string of the molecule is CC.CCCc1ccc(C)cc1.CCCc1ccc(C)cc1. The van der Waals surface area contributed by atoms with E-state index in [0.717, 1.165) is 0 Å². The average molecular weight is 299 g/mol. The maximum atomic E-state index is 2.21. The summed E-state index contributed by atoms with van der Waals surface area (Å²) >= 11 is 0. The second kappa shape index (κ2) is 13.1. The third kappa shape index (κ3) is 9.39. The molecule has 0 bridgehead atoms. The highest BCUT2D eigenvalue weighted by molar-refractivity contribution is 5.21. The van der Waals surface area contributed by atoms with Gasteiger partial charge in [-0.15, -0.1) is 0 Å². The second-order valence-corrected chi connectivity index (χ2v) is 5.47. The zero-order valence-electron chi connectivity index (χ0n) is 15.4. The highest BCUT2D eigenvalue weighted by atomic mass is 13.9. The molecule has 0 radical (unpaired) electrons. The molecule has 0 heterocycles. The van der Waals surface area contributed by atoms with Crippen LogP contribution in [0.4, 0.5) is 0 Å². The van der Waals surface area contributed by atoms with Gasteiger partial charge in [-0.1, -0.05) is 100 Å². The second-order valence-electron chi connectivity index (χ2n) is 5.47. The molecule has 0 spiro atoms. The molecule has 0 aliphatic heterocycles. The van der Waals surface area contributed by atoms with E-state index in [9.17, 15) is 0 Å². The van der Waals surface area contributed by atoms with E-state index in [2.05, 4.69) is 76.2 Å². The zero-order chi connectivity index (χ0) is 16.8. The molecule has 2 aromatic carbocycles. The quantitative estimate of drug-likeness (QED) is 0.574. The number of rotatable bonds is 4. The third-order valence-corrected chi connectivity index (χ3v) is 3.32. The van der Waals surface area contributed by atoms with Crippen LogP contribution in [-0.4, -0.2) is 0 Å². The van der Waals surface area contributed by atoms with Gasteiger partial charge in [-0.05, 0) is 37.8 Å². The number of aryl methyl sites for hydroxylation is 4. The summed E-state index contributed by atoms with van der Waals surface area (Å²) in [6.07, 6.45) is 4.90. The molecule has 0 amide bonds.